The fourth-order valence-electron chi connectivity index (χ4n) is 2.22. The van der Waals surface area contributed by atoms with Crippen molar-refractivity contribution < 1.29 is 19.0 Å². The van der Waals surface area contributed by atoms with Crippen molar-refractivity contribution in [3.8, 4) is 28.7 Å². The van der Waals surface area contributed by atoms with Crippen LogP contribution < -0.4 is 4.57 Å². The Balaban J connectivity index is 2.07. The third kappa shape index (κ3) is 2.31. The second kappa shape index (κ2) is 5.33. The molecule has 0 radical (unpaired) electrons. The Kier molecular flexibility index (Phi) is 3.34. The molecule has 110 valence electrons. The van der Waals surface area contributed by atoms with Crippen molar-refractivity contribution in [3.05, 3.63) is 64.7 Å². The second-order valence-electron chi connectivity index (χ2n) is 4.79. The predicted molar refractivity (Wildman–Crippen MR) is 79.1 cm³/mol. The van der Waals surface area contributed by atoms with Gasteiger partial charge in [-0.2, -0.15) is 0 Å². The first-order chi connectivity index (χ1) is 10.6. The van der Waals surface area contributed by atoms with Gasteiger partial charge in [0.1, 0.15) is 7.05 Å². The van der Waals surface area contributed by atoms with Gasteiger partial charge in [-0.15, -0.1) is 4.57 Å². The maximum atomic E-state index is 10.7. The highest BCUT2D eigenvalue weighted by Crippen LogP contribution is 2.32. The van der Waals surface area contributed by atoms with Gasteiger partial charge in [0.15, 0.2) is 0 Å². The highest BCUT2D eigenvalue weighted by Gasteiger charge is 2.27. The minimum absolute atomic E-state index is 0.000414. The Hall–Kier alpha value is -3.15. The Morgan fingerprint density at radius 2 is 1.68 bits per heavy atom. The SMILES string of the molecule is C[n+]1c(-c2ccc([N+](=O)[O-])cc2)oc(-c2ccccc2)c1O. The molecule has 1 heterocycles. The number of non-ortho nitro benzene ring substituents is 1. The maximum Gasteiger partial charge on any atom is 0.413 e. The predicted octanol–water partition coefficient (Wildman–Crippen LogP) is 3.05. The van der Waals surface area contributed by atoms with Crippen molar-refractivity contribution in [3.63, 3.8) is 0 Å². The fourth-order valence-corrected chi connectivity index (χ4v) is 2.22. The van der Waals surface area contributed by atoms with E-state index in [4.69, 9.17) is 4.42 Å². The van der Waals surface area contributed by atoms with E-state index in [1.54, 1.807) is 19.2 Å². The average molecular weight is 297 g/mol. The molecule has 0 unspecified atom stereocenters. The van der Waals surface area contributed by atoms with Crippen LogP contribution >= 0.6 is 0 Å². The van der Waals surface area contributed by atoms with E-state index in [1.165, 1.54) is 16.7 Å². The van der Waals surface area contributed by atoms with Gasteiger partial charge in [0, 0.05) is 17.7 Å². The first kappa shape index (κ1) is 13.8. The summed E-state index contributed by atoms with van der Waals surface area (Å²) in [4.78, 5) is 10.2. The van der Waals surface area contributed by atoms with Crippen LogP contribution in [0.4, 0.5) is 5.69 Å². The van der Waals surface area contributed by atoms with Crippen LogP contribution in [0.5, 0.6) is 5.88 Å². The number of aromatic hydroxyl groups is 1. The van der Waals surface area contributed by atoms with Gasteiger partial charge in [0.25, 0.3) is 11.4 Å². The van der Waals surface area contributed by atoms with Crippen LogP contribution in [-0.4, -0.2) is 10.0 Å². The van der Waals surface area contributed by atoms with E-state index in [0.29, 0.717) is 17.2 Å². The normalized spacial score (nSPS) is 10.6. The Bertz CT molecular complexity index is 823. The molecule has 6 nitrogen and oxygen atoms in total. The van der Waals surface area contributed by atoms with Gasteiger partial charge in [0.05, 0.1) is 10.5 Å². The van der Waals surface area contributed by atoms with Crippen LogP contribution in [0.3, 0.4) is 0 Å². The lowest BCUT2D eigenvalue weighted by Crippen LogP contribution is -2.27. The molecule has 0 bridgehead atoms. The molecule has 0 aliphatic heterocycles. The lowest BCUT2D eigenvalue weighted by molar-refractivity contribution is -0.668. The molecule has 0 aliphatic rings. The molecule has 0 atom stereocenters. The molecule has 3 rings (SSSR count). The number of benzene rings is 2. The van der Waals surface area contributed by atoms with E-state index in [9.17, 15) is 15.2 Å². The van der Waals surface area contributed by atoms with Crippen molar-refractivity contribution in [2.24, 2.45) is 7.05 Å². The van der Waals surface area contributed by atoms with Crippen LogP contribution in [-0.2, 0) is 7.05 Å². The number of nitrogens with zero attached hydrogens (tertiary/aromatic N) is 2. The number of oxazole rings is 1. The Morgan fingerprint density at radius 1 is 1.05 bits per heavy atom. The number of nitro benzene ring substituents is 1. The highest BCUT2D eigenvalue weighted by atomic mass is 16.6. The lowest BCUT2D eigenvalue weighted by atomic mass is 10.2. The molecule has 6 heteroatoms. The number of hydrogen-bond donors (Lipinski definition) is 1. The van der Waals surface area contributed by atoms with E-state index in [-0.39, 0.29) is 11.6 Å². The van der Waals surface area contributed by atoms with Gasteiger partial charge in [-0.05, 0) is 12.1 Å². The number of aromatic nitrogens is 1. The number of hydrogen-bond acceptors (Lipinski definition) is 4. The summed E-state index contributed by atoms with van der Waals surface area (Å²) in [7, 11) is 1.67. The molecule has 0 spiro atoms. The molecule has 0 fully saturated rings. The molecule has 1 N–H and O–H groups in total. The Morgan fingerprint density at radius 3 is 2.27 bits per heavy atom. The molecule has 2 aromatic carbocycles. The molecule has 1 aromatic heterocycles. The van der Waals surface area contributed by atoms with E-state index in [2.05, 4.69) is 0 Å². The smallest absolute Gasteiger partial charge is 0.413 e. The lowest BCUT2D eigenvalue weighted by Gasteiger charge is -1.93. The molecule has 0 saturated carbocycles. The molecule has 0 saturated heterocycles. The summed E-state index contributed by atoms with van der Waals surface area (Å²) in [6.45, 7) is 0. The van der Waals surface area contributed by atoms with E-state index in [1.807, 2.05) is 30.3 Å². The molecule has 0 aliphatic carbocycles. The zero-order chi connectivity index (χ0) is 15.7. The number of nitro groups is 1. The first-order valence-corrected chi connectivity index (χ1v) is 6.60. The molecular formula is C16H13N2O4+. The topological polar surface area (TPSA) is 80.4 Å². The third-order valence-corrected chi connectivity index (χ3v) is 3.39. The maximum absolute atomic E-state index is 10.7. The molecule has 0 amide bonds. The molecule has 22 heavy (non-hydrogen) atoms. The third-order valence-electron chi connectivity index (χ3n) is 3.39. The van der Waals surface area contributed by atoms with E-state index < -0.39 is 4.92 Å². The molecular weight excluding hydrogens is 284 g/mol. The van der Waals surface area contributed by atoms with Crippen LogP contribution in [0.1, 0.15) is 0 Å². The minimum atomic E-state index is -0.460. The van der Waals surface area contributed by atoms with Crippen LogP contribution in [0, 0.1) is 10.1 Å². The van der Waals surface area contributed by atoms with Gasteiger partial charge in [-0.25, -0.2) is 0 Å². The van der Waals surface area contributed by atoms with Gasteiger partial charge in [0.2, 0.25) is 0 Å². The zero-order valence-corrected chi connectivity index (χ0v) is 11.8. The van der Waals surface area contributed by atoms with Gasteiger partial charge in [-0.1, -0.05) is 30.3 Å². The fraction of sp³-hybridized carbons (Fsp3) is 0.0625. The van der Waals surface area contributed by atoms with Gasteiger partial charge < -0.3 is 9.52 Å². The van der Waals surface area contributed by atoms with Crippen molar-refractivity contribution >= 4 is 5.69 Å². The summed E-state index contributed by atoms with van der Waals surface area (Å²) in [6.07, 6.45) is 0. The summed E-state index contributed by atoms with van der Waals surface area (Å²) < 4.78 is 7.26. The van der Waals surface area contributed by atoms with Crippen molar-refractivity contribution in [1.82, 2.24) is 0 Å². The summed E-state index contributed by atoms with van der Waals surface area (Å²) in [6, 6.07) is 15.2. The van der Waals surface area contributed by atoms with Crippen molar-refractivity contribution in [2.75, 3.05) is 0 Å². The highest BCUT2D eigenvalue weighted by molar-refractivity contribution is 5.63. The largest absolute Gasteiger partial charge is 0.457 e. The van der Waals surface area contributed by atoms with Gasteiger partial charge >= 0.3 is 11.8 Å². The van der Waals surface area contributed by atoms with E-state index >= 15 is 0 Å². The summed E-state index contributed by atoms with van der Waals surface area (Å²) >= 11 is 0. The Labute approximate surface area is 126 Å². The monoisotopic (exact) mass is 297 g/mol. The van der Waals surface area contributed by atoms with Crippen molar-refractivity contribution in [2.45, 2.75) is 0 Å². The standard InChI is InChI=1S/C16H12N2O4/c1-17-15(19)14(11-5-3-2-4-6-11)22-16(17)12-7-9-13(10-8-12)18(20)21/h2-10H,1H3/p+1. The zero-order valence-electron chi connectivity index (χ0n) is 11.8. The molecule has 3 aromatic rings. The van der Waals surface area contributed by atoms with Crippen molar-refractivity contribution in [1.29, 1.82) is 0 Å². The summed E-state index contributed by atoms with van der Waals surface area (Å²) in [5.41, 5.74) is 1.40. The number of rotatable bonds is 3. The summed E-state index contributed by atoms with van der Waals surface area (Å²) in [5.74, 6) is 0.780. The van der Waals surface area contributed by atoms with Crippen LogP contribution in [0.25, 0.3) is 22.8 Å². The first-order valence-electron chi connectivity index (χ1n) is 6.60. The van der Waals surface area contributed by atoms with Gasteiger partial charge in [-0.3, -0.25) is 10.1 Å². The van der Waals surface area contributed by atoms with Crippen LogP contribution in [0.15, 0.2) is 59.0 Å². The van der Waals surface area contributed by atoms with E-state index in [0.717, 1.165) is 5.56 Å². The minimum Gasteiger partial charge on any atom is -0.457 e. The quantitative estimate of drug-likeness (QED) is 0.457. The summed E-state index contributed by atoms with van der Waals surface area (Å²) in [5, 5.41) is 20.9. The second-order valence-corrected chi connectivity index (χ2v) is 4.79. The van der Waals surface area contributed by atoms with Crippen LogP contribution in [0.2, 0.25) is 0 Å². The average Bonchev–Trinajstić information content (AvgIpc) is 2.84.